The summed E-state index contributed by atoms with van der Waals surface area (Å²) in [5.41, 5.74) is 0.578. The van der Waals surface area contributed by atoms with Crippen LogP contribution in [0.2, 0.25) is 0 Å². The lowest BCUT2D eigenvalue weighted by atomic mass is 10.3. The number of nitrogens with zero attached hydrogens (tertiary/aromatic N) is 1. The molecule has 0 unspecified atom stereocenters. The van der Waals surface area contributed by atoms with E-state index in [9.17, 15) is 13.2 Å². The van der Waals surface area contributed by atoms with Crippen LogP contribution in [0.1, 0.15) is 13.8 Å². The zero-order valence-electron chi connectivity index (χ0n) is 10.8. The van der Waals surface area contributed by atoms with E-state index < -0.39 is 10.0 Å². The van der Waals surface area contributed by atoms with Gasteiger partial charge < -0.3 is 5.32 Å². The second-order valence-electron chi connectivity index (χ2n) is 4.08. The molecule has 1 amide bonds. The fourth-order valence-corrected chi connectivity index (χ4v) is 4.21. The first-order valence-corrected chi connectivity index (χ1v) is 8.48. The van der Waals surface area contributed by atoms with Gasteiger partial charge in [-0.1, -0.05) is 13.8 Å². The molecule has 1 aromatic carbocycles. The maximum Gasteiger partial charge on any atom is 0.243 e. The molecule has 0 aromatic heterocycles. The monoisotopic (exact) mass is 300 g/mol. The van der Waals surface area contributed by atoms with Crippen molar-refractivity contribution in [2.75, 3.05) is 24.2 Å². The minimum atomic E-state index is -3.48. The maximum absolute atomic E-state index is 12.4. The predicted molar refractivity (Wildman–Crippen MR) is 75.9 cm³/mol. The molecule has 0 atom stereocenters. The molecule has 0 saturated carbocycles. The van der Waals surface area contributed by atoms with Crippen molar-refractivity contribution in [3.05, 3.63) is 18.2 Å². The molecule has 5 nitrogen and oxygen atoms in total. The number of hydrogen-bond donors (Lipinski definition) is 1. The minimum absolute atomic E-state index is 0.102. The third-order valence-corrected chi connectivity index (χ3v) is 6.05. The maximum atomic E-state index is 12.4. The van der Waals surface area contributed by atoms with Gasteiger partial charge in [0, 0.05) is 18.0 Å². The van der Waals surface area contributed by atoms with Crippen molar-refractivity contribution in [1.82, 2.24) is 4.31 Å². The quantitative estimate of drug-likeness (QED) is 0.920. The largest absolute Gasteiger partial charge is 0.324 e. The Hall–Kier alpha value is -1.05. The number of nitrogens with one attached hydrogen (secondary N) is 1. The van der Waals surface area contributed by atoms with E-state index in [4.69, 9.17) is 0 Å². The second-order valence-corrected chi connectivity index (χ2v) is 7.04. The van der Waals surface area contributed by atoms with Crippen LogP contribution in [0.4, 0.5) is 5.69 Å². The Morgan fingerprint density at radius 3 is 2.63 bits per heavy atom. The smallest absolute Gasteiger partial charge is 0.243 e. The van der Waals surface area contributed by atoms with Crippen LogP contribution in [0, 0.1) is 0 Å². The van der Waals surface area contributed by atoms with Crippen molar-refractivity contribution in [1.29, 1.82) is 0 Å². The van der Waals surface area contributed by atoms with Crippen LogP contribution in [0.5, 0.6) is 0 Å². The third-order valence-electron chi connectivity index (χ3n) is 2.93. The van der Waals surface area contributed by atoms with Crippen LogP contribution in [-0.2, 0) is 14.8 Å². The summed E-state index contributed by atoms with van der Waals surface area (Å²) >= 11 is 1.42. The highest BCUT2D eigenvalue weighted by atomic mass is 32.2. The van der Waals surface area contributed by atoms with Gasteiger partial charge in [0.05, 0.1) is 16.3 Å². The van der Waals surface area contributed by atoms with Crippen molar-refractivity contribution >= 4 is 33.4 Å². The number of fused-ring (bicyclic) bond motifs is 1. The van der Waals surface area contributed by atoms with E-state index in [1.54, 1.807) is 26.0 Å². The Morgan fingerprint density at radius 1 is 1.32 bits per heavy atom. The standard InChI is InChI=1S/C12H16N2O3S2/c1-3-14(4-2)19(16,17)9-5-6-11-10(7-9)13-12(15)8-18-11/h5-7H,3-4,8H2,1-2H3,(H,13,15). The molecule has 104 valence electrons. The SMILES string of the molecule is CCN(CC)S(=O)(=O)c1ccc2c(c1)NC(=O)CS2. The first-order valence-electron chi connectivity index (χ1n) is 6.06. The molecule has 2 rings (SSSR count). The number of carbonyl (C=O) groups is 1. The van der Waals surface area contributed by atoms with Crippen LogP contribution in [-0.4, -0.2) is 37.5 Å². The third kappa shape index (κ3) is 2.77. The summed E-state index contributed by atoms with van der Waals surface area (Å²) in [6, 6.07) is 4.87. The zero-order valence-corrected chi connectivity index (χ0v) is 12.5. The van der Waals surface area contributed by atoms with E-state index in [-0.39, 0.29) is 10.8 Å². The van der Waals surface area contributed by atoms with Crippen LogP contribution in [0.3, 0.4) is 0 Å². The summed E-state index contributed by atoms with van der Waals surface area (Å²) in [4.78, 5) is 12.5. The normalized spacial score (nSPS) is 15.2. The van der Waals surface area contributed by atoms with Gasteiger partial charge in [-0.3, -0.25) is 4.79 Å². The number of carbonyl (C=O) groups excluding carboxylic acids is 1. The number of amides is 1. The van der Waals surface area contributed by atoms with Crippen molar-refractivity contribution in [2.45, 2.75) is 23.6 Å². The van der Waals surface area contributed by atoms with Gasteiger partial charge in [-0.15, -0.1) is 11.8 Å². The van der Waals surface area contributed by atoms with Crippen molar-refractivity contribution in [3.8, 4) is 0 Å². The van der Waals surface area contributed by atoms with Crippen molar-refractivity contribution in [2.24, 2.45) is 0 Å². The Bertz CT molecular complexity index is 595. The molecular weight excluding hydrogens is 284 g/mol. The fraction of sp³-hybridized carbons (Fsp3) is 0.417. The minimum Gasteiger partial charge on any atom is -0.324 e. The van der Waals surface area contributed by atoms with Crippen molar-refractivity contribution in [3.63, 3.8) is 0 Å². The van der Waals surface area contributed by atoms with Gasteiger partial charge in [0.1, 0.15) is 0 Å². The van der Waals surface area contributed by atoms with Gasteiger partial charge in [0.25, 0.3) is 0 Å². The second kappa shape index (κ2) is 5.52. The van der Waals surface area contributed by atoms with E-state index in [2.05, 4.69) is 5.32 Å². The lowest BCUT2D eigenvalue weighted by Gasteiger charge is -2.21. The van der Waals surface area contributed by atoms with Crippen LogP contribution in [0.15, 0.2) is 28.0 Å². The number of hydrogen-bond acceptors (Lipinski definition) is 4. The molecule has 19 heavy (non-hydrogen) atoms. The van der Waals surface area contributed by atoms with E-state index in [1.165, 1.54) is 22.1 Å². The van der Waals surface area contributed by atoms with E-state index in [1.807, 2.05) is 0 Å². The highest BCUT2D eigenvalue weighted by Crippen LogP contribution is 2.33. The molecule has 0 radical (unpaired) electrons. The van der Waals surface area contributed by atoms with Gasteiger partial charge in [-0.05, 0) is 18.2 Å². The molecule has 0 aliphatic carbocycles. The lowest BCUT2D eigenvalue weighted by molar-refractivity contribution is -0.113. The molecule has 1 aliphatic rings. The molecule has 0 saturated heterocycles. The number of sulfonamides is 1. The fourth-order valence-electron chi connectivity index (χ4n) is 1.94. The number of thioether (sulfide) groups is 1. The predicted octanol–water partition coefficient (Wildman–Crippen LogP) is 1.76. The average molecular weight is 300 g/mol. The highest BCUT2D eigenvalue weighted by molar-refractivity contribution is 8.00. The van der Waals surface area contributed by atoms with Gasteiger partial charge in [0.15, 0.2) is 0 Å². The molecule has 1 aromatic rings. The Labute approximate surface area is 117 Å². The van der Waals surface area contributed by atoms with Crippen LogP contribution < -0.4 is 5.32 Å². The number of benzene rings is 1. The highest BCUT2D eigenvalue weighted by Gasteiger charge is 2.24. The van der Waals surface area contributed by atoms with E-state index in [0.29, 0.717) is 24.5 Å². The van der Waals surface area contributed by atoms with Crippen LogP contribution >= 0.6 is 11.8 Å². The summed E-state index contributed by atoms with van der Waals surface area (Å²) in [5.74, 6) is 0.268. The van der Waals surface area contributed by atoms with E-state index in [0.717, 1.165) is 4.90 Å². The summed E-state index contributed by atoms with van der Waals surface area (Å²) in [6.07, 6.45) is 0. The molecule has 1 N–H and O–H groups in total. The van der Waals surface area contributed by atoms with Crippen molar-refractivity contribution < 1.29 is 13.2 Å². The molecule has 0 bridgehead atoms. The first-order chi connectivity index (χ1) is 8.98. The number of rotatable bonds is 4. The van der Waals surface area contributed by atoms with Gasteiger partial charge >= 0.3 is 0 Å². The topological polar surface area (TPSA) is 66.5 Å². The summed E-state index contributed by atoms with van der Waals surface area (Å²) in [5, 5.41) is 2.70. The van der Waals surface area contributed by atoms with Gasteiger partial charge in [0.2, 0.25) is 15.9 Å². The average Bonchev–Trinajstić information content (AvgIpc) is 2.38. The summed E-state index contributed by atoms with van der Waals surface area (Å²) in [6.45, 7) is 4.46. The molecule has 1 aliphatic heterocycles. The first kappa shape index (κ1) is 14.4. The molecule has 0 spiro atoms. The molecule has 0 fully saturated rings. The lowest BCUT2D eigenvalue weighted by Crippen LogP contribution is -2.30. The molecular formula is C12H16N2O3S2. The summed E-state index contributed by atoms with van der Waals surface area (Å²) < 4.78 is 26.1. The van der Waals surface area contributed by atoms with Gasteiger partial charge in [-0.2, -0.15) is 4.31 Å². The van der Waals surface area contributed by atoms with E-state index >= 15 is 0 Å². The van der Waals surface area contributed by atoms with Crippen LogP contribution in [0.25, 0.3) is 0 Å². The van der Waals surface area contributed by atoms with Gasteiger partial charge in [-0.25, -0.2) is 8.42 Å². The Morgan fingerprint density at radius 2 is 2.00 bits per heavy atom. The number of anilines is 1. The molecule has 7 heteroatoms. The summed E-state index contributed by atoms with van der Waals surface area (Å²) in [7, 11) is -3.48. The Kier molecular flexibility index (Phi) is 4.17. The molecule has 1 heterocycles. The zero-order chi connectivity index (χ0) is 14.0. The Balaban J connectivity index is 2.42.